The van der Waals surface area contributed by atoms with Gasteiger partial charge < -0.3 is 15.3 Å². The number of fused-ring (bicyclic) bond motifs is 1. The molecule has 0 amide bonds. The Kier molecular flexibility index (Phi) is 6.32. The van der Waals surface area contributed by atoms with Crippen LogP contribution in [0.3, 0.4) is 0 Å². The predicted octanol–water partition coefficient (Wildman–Crippen LogP) is 4.85. The van der Waals surface area contributed by atoms with Gasteiger partial charge in [0.05, 0.1) is 7.14 Å². The predicted molar refractivity (Wildman–Crippen MR) is 111 cm³/mol. The van der Waals surface area contributed by atoms with E-state index < -0.39 is 0 Å². The Bertz CT molecular complexity index is 824. The first-order chi connectivity index (χ1) is 10.4. The second-order valence-corrected chi connectivity index (χ2v) is 7.71. The minimum Gasteiger partial charge on any atom is -0.508 e. The summed E-state index contributed by atoms with van der Waals surface area (Å²) in [7, 11) is 0. The highest BCUT2D eigenvalue weighted by Crippen LogP contribution is 2.31. The summed E-state index contributed by atoms with van der Waals surface area (Å²) in [6, 6.07) is 10.2. The maximum atomic E-state index is 9.71. The van der Waals surface area contributed by atoms with Gasteiger partial charge in [-0.25, -0.2) is 0 Å². The zero-order valence-electron chi connectivity index (χ0n) is 11.0. The van der Waals surface area contributed by atoms with Crippen LogP contribution in [-0.4, -0.2) is 20.3 Å². The Hall–Kier alpha value is -0.560. The van der Waals surface area contributed by atoms with Crippen LogP contribution in [0, 0.1) is 10.7 Å². The van der Waals surface area contributed by atoms with Gasteiger partial charge in [-0.2, -0.15) is 0 Å². The van der Waals surface area contributed by atoms with Gasteiger partial charge in [0.1, 0.15) is 17.0 Å². The van der Waals surface area contributed by atoms with Gasteiger partial charge in [-0.3, -0.25) is 4.98 Å². The molecule has 0 spiro atoms. The number of phenols is 3. The molecule has 22 heavy (non-hydrogen) atoms. The quantitative estimate of drug-likeness (QED) is 0.245. The monoisotopic (exact) mass is 633 g/mol. The lowest BCUT2D eigenvalue weighted by molar-refractivity contribution is 0.457. The van der Waals surface area contributed by atoms with Crippen molar-refractivity contribution in [2.45, 2.75) is 0 Å². The lowest BCUT2D eigenvalue weighted by Gasteiger charge is -2.03. The van der Waals surface area contributed by atoms with Gasteiger partial charge in [0.25, 0.3) is 0 Å². The molecule has 1 aromatic heterocycles. The average molecular weight is 633 g/mol. The van der Waals surface area contributed by atoms with Gasteiger partial charge in [0.15, 0.2) is 5.75 Å². The summed E-state index contributed by atoms with van der Waals surface area (Å²) in [6.45, 7) is 0. The van der Waals surface area contributed by atoms with Crippen molar-refractivity contribution in [1.29, 1.82) is 0 Å². The zero-order valence-corrected chi connectivity index (χ0v) is 17.4. The summed E-state index contributed by atoms with van der Waals surface area (Å²) in [6.07, 6.45) is 1.69. The summed E-state index contributed by atoms with van der Waals surface area (Å²) in [5.74, 6) is 0.655. The van der Waals surface area contributed by atoms with Crippen LogP contribution >= 0.6 is 67.8 Å². The molecule has 3 N–H and O–H groups in total. The number of halogens is 3. The summed E-state index contributed by atoms with van der Waals surface area (Å²) in [4.78, 5) is 4.14. The number of rotatable bonds is 0. The summed E-state index contributed by atoms with van der Waals surface area (Å²) in [5, 5.41) is 28.5. The number of phenolic OH excluding ortho intramolecular Hbond substituents is 3. The number of aromatic hydroxyl groups is 3. The maximum absolute atomic E-state index is 9.71. The average Bonchev–Trinajstić information content (AvgIpc) is 2.50. The first-order valence-corrected chi connectivity index (χ1v) is 9.23. The molecule has 3 aromatic rings. The van der Waals surface area contributed by atoms with Gasteiger partial charge in [-0.05, 0) is 98.1 Å². The molecule has 0 radical (unpaired) electrons. The van der Waals surface area contributed by atoms with Crippen molar-refractivity contribution in [3.8, 4) is 17.2 Å². The van der Waals surface area contributed by atoms with Gasteiger partial charge in [-0.1, -0.05) is 6.07 Å². The molecule has 7 heteroatoms. The van der Waals surface area contributed by atoms with E-state index in [1.54, 1.807) is 6.20 Å². The lowest BCUT2D eigenvalue weighted by Crippen LogP contribution is -1.85. The Labute approximate surface area is 168 Å². The van der Waals surface area contributed by atoms with Crippen LogP contribution in [0.2, 0.25) is 0 Å². The molecule has 0 aliphatic rings. The summed E-state index contributed by atoms with van der Waals surface area (Å²) in [5.41, 5.74) is 0.679. The van der Waals surface area contributed by atoms with Gasteiger partial charge in [0, 0.05) is 15.2 Å². The van der Waals surface area contributed by atoms with Crippen LogP contribution in [0.15, 0.2) is 42.6 Å². The number of hydrogen-bond acceptors (Lipinski definition) is 4. The van der Waals surface area contributed by atoms with E-state index in [1.165, 1.54) is 18.2 Å². The van der Waals surface area contributed by atoms with Crippen LogP contribution in [0.1, 0.15) is 0 Å². The minimum atomic E-state index is 0.178. The lowest BCUT2D eigenvalue weighted by atomic mass is 10.2. The maximum Gasteiger partial charge on any atom is 0.155 e. The number of pyridine rings is 1. The van der Waals surface area contributed by atoms with Crippen molar-refractivity contribution >= 4 is 78.7 Å². The van der Waals surface area contributed by atoms with Crippen LogP contribution in [0.4, 0.5) is 0 Å². The first kappa shape index (κ1) is 17.8. The zero-order chi connectivity index (χ0) is 16.3. The molecule has 114 valence electrons. The summed E-state index contributed by atoms with van der Waals surface area (Å²) >= 11 is 6.29. The molecule has 0 aliphatic heterocycles. The number of aromatic nitrogens is 1. The first-order valence-electron chi connectivity index (χ1n) is 5.99. The van der Waals surface area contributed by atoms with E-state index in [9.17, 15) is 5.11 Å². The fourth-order valence-electron chi connectivity index (χ4n) is 1.65. The van der Waals surface area contributed by atoms with Crippen molar-refractivity contribution < 1.29 is 15.3 Å². The van der Waals surface area contributed by atoms with Crippen LogP contribution < -0.4 is 0 Å². The summed E-state index contributed by atoms with van der Waals surface area (Å²) < 4.78 is 2.61. The van der Waals surface area contributed by atoms with E-state index in [0.29, 0.717) is 9.09 Å². The molecular weight excluding hydrogens is 623 g/mol. The molecule has 0 bridgehead atoms. The highest BCUT2D eigenvalue weighted by Gasteiger charge is 2.07. The molecule has 2 aromatic carbocycles. The van der Waals surface area contributed by atoms with Gasteiger partial charge in [-0.15, -0.1) is 0 Å². The molecule has 3 rings (SSSR count). The highest BCUT2D eigenvalue weighted by atomic mass is 127. The van der Waals surface area contributed by atoms with E-state index in [4.69, 9.17) is 10.2 Å². The van der Waals surface area contributed by atoms with Crippen molar-refractivity contribution in [3.05, 3.63) is 53.3 Å². The molecule has 0 unspecified atom stereocenters. The smallest absolute Gasteiger partial charge is 0.155 e. The number of benzene rings is 2. The molecule has 0 saturated heterocycles. The van der Waals surface area contributed by atoms with Crippen molar-refractivity contribution in [3.63, 3.8) is 0 Å². The van der Waals surface area contributed by atoms with E-state index in [1.807, 2.05) is 40.8 Å². The Balaban J connectivity index is 0.000000172. The fraction of sp³-hybridized carbons (Fsp3) is 0. The molecule has 4 nitrogen and oxygen atoms in total. The van der Waals surface area contributed by atoms with E-state index in [-0.39, 0.29) is 17.2 Å². The number of nitrogens with zero attached hydrogens (tertiary/aromatic N) is 1. The van der Waals surface area contributed by atoms with Crippen molar-refractivity contribution in [1.82, 2.24) is 4.98 Å². The molecule has 0 atom stereocenters. The minimum absolute atomic E-state index is 0.178. The molecule has 1 heterocycles. The Morgan fingerprint density at radius 1 is 0.818 bits per heavy atom. The third kappa shape index (κ3) is 4.25. The van der Waals surface area contributed by atoms with Gasteiger partial charge >= 0.3 is 0 Å². The fourth-order valence-corrected chi connectivity index (χ4v) is 4.06. The molecule has 0 fully saturated rings. The topological polar surface area (TPSA) is 73.6 Å². The van der Waals surface area contributed by atoms with Crippen molar-refractivity contribution in [2.75, 3.05) is 0 Å². The largest absolute Gasteiger partial charge is 0.508 e. The standard InChI is InChI=1S/C9H5I2NO.C6H5IO2/c10-6-4-7(11)9(13)8-5(6)2-1-3-12-8;7-5-3-4(8)1-2-6(5)9/h1-4,13H;1-3,8-9H. The van der Waals surface area contributed by atoms with Crippen LogP contribution in [0.25, 0.3) is 10.9 Å². The Morgan fingerprint density at radius 2 is 1.55 bits per heavy atom. The second kappa shape index (κ2) is 7.81. The van der Waals surface area contributed by atoms with Gasteiger partial charge in [0.2, 0.25) is 0 Å². The second-order valence-electron chi connectivity index (χ2n) is 4.22. The Morgan fingerprint density at radius 3 is 2.18 bits per heavy atom. The van der Waals surface area contributed by atoms with E-state index >= 15 is 0 Å². The van der Waals surface area contributed by atoms with E-state index in [2.05, 4.69) is 50.2 Å². The molecule has 0 aliphatic carbocycles. The van der Waals surface area contributed by atoms with Crippen LogP contribution in [-0.2, 0) is 0 Å². The molecular formula is C15H10I3NO3. The molecule has 0 saturated carbocycles. The highest BCUT2D eigenvalue weighted by molar-refractivity contribution is 14.1. The SMILES string of the molecule is Oc1c(I)cc(I)c2cccnc12.Oc1ccc(O)c(I)c1. The number of hydrogen-bond donors (Lipinski definition) is 3. The third-order valence-corrected chi connectivity index (χ3v) is 5.28. The normalized spacial score (nSPS) is 10.1. The third-order valence-electron chi connectivity index (χ3n) is 2.70. The van der Waals surface area contributed by atoms with Crippen molar-refractivity contribution in [2.24, 2.45) is 0 Å². The van der Waals surface area contributed by atoms with E-state index in [0.717, 1.165) is 12.5 Å². The van der Waals surface area contributed by atoms with Crippen LogP contribution in [0.5, 0.6) is 17.2 Å².